The smallest absolute Gasteiger partial charge is 0.234 e. The normalized spacial score (nSPS) is 15.5. The number of amides is 1. The average Bonchev–Trinajstić information content (AvgIpc) is 2.00. The molecule has 4 heteroatoms. The number of likely N-dealkylation sites (N-methyl/N-ethyl adjacent to an activating group) is 1. The van der Waals surface area contributed by atoms with Crippen molar-refractivity contribution in [1.82, 2.24) is 10.2 Å². The van der Waals surface area contributed by atoms with Gasteiger partial charge < -0.3 is 11.1 Å². The fraction of sp³-hybridized carbons (Fsp3) is 0.909. The van der Waals surface area contributed by atoms with E-state index >= 15 is 0 Å². The lowest BCUT2D eigenvalue weighted by atomic mass is 10.1. The van der Waals surface area contributed by atoms with Gasteiger partial charge in [0.25, 0.3) is 0 Å². The van der Waals surface area contributed by atoms with E-state index in [9.17, 15) is 4.79 Å². The molecule has 0 bridgehead atoms. The van der Waals surface area contributed by atoms with Crippen molar-refractivity contribution < 1.29 is 4.79 Å². The second-order valence-corrected chi connectivity index (χ2v) is 4.77. The predicted octanol–water partition coefficient (Wildman–Crippen LogP) is 0.426. The van der Waals surface area contributed by atoms with Gasteiger partial charge in [0.15, 0.2) is 0 Å². The zero-order chi connectivity index (χ0) is 12.0. The summed E-state index contributed by atoms with van der Waals surface area (Å²) in [5.41, 5.74) is 5.65. The van der Waals surface area contributed by atoms with Gasteiger partial charge in [-0.05, 0) is 26.8 Å². The fourth-order valence-corrected chi connectivity index (χ4v) is 1.27. The minimum Gasteiger partial charge on any atom is -0.352 e. The molecule has 2 atom stereocenters. The SMILES string of the molecule is CC(N)CN(C)CC(=O)NC(C)C(C)C. The number of nitrogens with one attached hydrogen (secondary N) is 1. The van der Waals surface area contributed by atoms with E-state index in [1.54, 1.807) is 0 Å². The summed E-state index contributed by atoms with van der Waals surface area (Å²) in [5, 5.41) is 2.96. The molecule has 0 heterocycles. The predicted molar refractivity (Wildman–Crippen MR) is 63.6 cm³/mol. The lowest BCUT2D eigenvalue weighted by Gasteiger charge is -2.21. The van der Waals surface area contributed by atoms with Crippen molar-refractivity contribution in [3.63, 3.8) is 0 Å². The molecule has 0 aromatic rings. The maximum atomic E-state index is 11.6. The van der Waals surface area contributed by atoms with Crippen LogP contribution in [0.4, 0.5) is 0 Å². The fourth-order valence-electron chi connectivity index (χ4n) is 1.27. The van der Waals surface area contributed by atoms with E-state index in [1.165, 1.54) is 0 Å². The van der Waals surface area contributed by atoms with Gasteiger partial charge >= 0.3 is 0 Å². The summed E-state index contributed by atoms with van der Waals surface area (Å²) in [6.45, 7) is 9.30. The highest BCUT2D eigenvalue weighted by Crippen LogP contribution is 1.99. The van der Waals surface area contributed by atoms with Crippen molar-refractivity contribution in [2.45, 2.75) is 39.8 Å². The summed E-state index contributed by atoms with van der Waals surface area (Å²) in [7, 11) is 1.91. The summed E-state index contributed by atoms with van der Waals surface area (Å²) in [5.74, 6) is 0.534. The van der Waals surface area contributed by atoms with Crippen LogP contribution < -0.4 is 11.1 Å². The zero-order valence-electron chi connectivity index (χ0n) is 10.6. The minimum atomic E-state index is 0.0688. The van der Waals surface area contributed by atoms with Gasteiger partial charge in [-0.2, -0.15) is 0 Å². The number of carbonyl (C=O) groups excluding carboxylic acids is 1. The largest absolute Gasteiger partial charge is 0.352 e. The minimum absolute atomic E-state index is 0.0688. The van der Waals surface area contributed by atoms with Crippen LogP contribution in [-0.4, -0.2) is 43.0 Å². The monoisotopic (exact) mass is 215 g/mol. The first-order valence-electron chi connectivity index (χ1n) is 5.56. The molecule has 4 nitrogen and oxygen atoms in total. The number of carbonyl (C=O) groups is 1. The van der Waals surface area contributed by atoms with E-state index < -0.39 is 0 Å². The van der Waals surface area contributed by atoms with Gasteiger partial charge in [0.1, 0.15) is 0 Å². The van der Waals surface area contributed by atoms with Crippen LogP contribution in [0, 0.1) is 5.92 Å². The standard InChI is InChI=1S/C11H25N3O/c1-8(2)10(4)13-11(15)7-14(5)6-9(3)12/h8-10H,6-7,12H2,1-5H3,(H,13,15). The number of rotatable bonds is 6. The maximum Gasteiger partial charge on any atom is 0.234 e. The molecule has 90 valence electrons. The quantitative estimate of drug-likeness (QED) is 0.675. The molecule has 0 rings (SSSR count). The zero-order valence-corrected chi connectivity index (χ0v) is 10.6. The van der Waals surface area contributed by atoms with Crippen LogP contribution in [0.5, 0.6) is 0 Å². The molecular weight excluding hydrogens is 190 g/mol. The summed E-state index contributed by atoms with van der Waals surface area (Å²) >= 11 is 0. The molecule has 0 spiro atoms. The Morgan fingerprint density at radius 3 is 2.27 bits per heavy atom. The van der Waals surface area contributed by atoms with Gasteiger partial charge in [-0.1, -0.05) is 13.8 Å². The molecule has 0 fully saturated rings. The highest BCUT2D eigenvalue weighted by molar-refractivity contribution is 5.78. The first-order valence-corrected chi connectivity index (χ1v) is 5.56. The van der Waals surface area contributed by atoms with Gasteiger partial charge in [0.2, 0.25) is 5.91 Å². The number of hydrogen-bond acceptors (Lipinski definition) is 3. The molecular formula is C11H25N3O. The lowest BCUT2D eigenvalue weighted by molar-refractivity contribution is -0.122. The van der Waals surface area contributed by atoms with Crippen molar-refractivity contribution in [2.75, 3.05) is 20.1 Å². The Balaban J connectivity index is 3.83. The Morgan fingerprint density at radius 1 is 1.33 bits per heavy atom. The van der Waals surface area contributed by atoms with Crippen LogP contribution in [0.15, 0.2) is 0 Å². The van der Waals surface area contributed by atoms with E-state index in [4.69, 9.17) is 5.73 Å². The van der Waals surface area contributed by atoms with Crippen molar-refractivity contribution in [3.05, 3.63) is 0 Å². The molecule has 0 aromatic carbocycles. The van der Waals surface area contributed by atoms with E-state index in [-0.39, 0.29) is 18.0 Å². The average molecular weight is 215 g/mol. The molecule has 0 aromatic heterocycles. The third-order valence-corrected chi connectivity index (χ3v) is 2.40. The van der Waals surface area contributed by atoms with Gasteiger partial charge in [-0.25, -0.2) is 0 Å². The molecule has 3 N–H and O–H groups in total. The van der Waals surface area contributed by atoms with Crippen LogP contribution in [-0.2, 0) is 4.79 Å². The van der Waals surface area contributed by atoms with Crippen LogP contribution in [0.25, 0.3) is 0 Å². The van der Waals surface area contributed by atoms with E-state index in [1.807, 2.05) is 25.8 Å². The molecule has 0 aliphatic rings. The Morgan fingerprint density at radius 2 is 1.87 bits per heavy atom. The second kappa shape index (κ2) is 6.80. The van der Waals surface area contributed by atoms with Crippen LogP contribution in [0.1, 0.15) is 27.7 Å². The summed E-state index contributed by atoms with van der Waals surface area (Å²) in [6.07, 6.45) is 0. The van der Waals surface area contributed by atoms with Gasteiger partial charge in [0.05, 0.1) is 6.54 Å². The third-order valence-electron chi connectivity index (χ3n) is 2.40. The Hall–Kier alpha value is -0.610. The van der Waals surface area contributed by atoms with Crippen LogP contribution in [0.3, 0.4) is 0 Å². The molecule has 0 aliphatic heterocycles. The molecule has 0 radical (unpaired) electrons. The number of nitrogens with zero attached hydrogens (tertiary/aromatic N) is 1. The number of hydrogen-bond donors (Lipinski definition) is 2. The summed E-state index contributed by atoms with van der Waals surface area (Å²) in [4.78, 5) is 13.5. The molecule has 2 unspecified atom stereocenters. The highest BCUT2D eigenvalue weighted by atomic mass is 16.2. The molecule has 0 saturated carbocycles. The Labute approximate surface area is 93.2 Å². The van der Waals surface area contributed by atoms with Crippen LogP contribution in [0.2, 0.25) is 0 Å². The molecule has 15 heavy (non-hydrogen) atoms. The Kier molecular flexibility index (Phi) is 6.52. The van der Waals surface area contributed by atoms with Crippen molar-refractivity contribution in [1.29, 1.82) is 0 Å². The maximum absolute atomic E-state index is 11.6. The van der Waals surface area contributed by atoms with E-state index in [0.29, 0.717) is 12.5 Å². The molecule has 1 amide bonds. The molecule has 0 aliphatic carbocycles. The van der Waals surface area contributed by atoms with Crippen LogP contribution >= 0.6 is 0 Å². The van der Waals surface area contributed by atoms with Crippen molar-refractivity contribution >= 4 is 5.91 Å². The first-order chi connectivity index (χ1) is 6.82. The van der Waals surface area contributed by atoms with Crippen molar-refractivity contribution in [3.8, 4) is 0 Å². The van der Waals surface area contributed by atoms with Crippen molar-refractivity contribution in [2.24, 2.45) is 11.7 Å². The van der Waals surface area contributed by atoms with E-state index in [0.717, 1.165) is 6.54 Å². The molecule has 0 saturated heterocycles. The van der Waals surface area contributed by atoms with E-state index in [2.05, 4.69) is 19.2 Å². The third kappa shape index (κ3) is 7.33. The lowest BCUT2D eigenvalue weighted by Crippen LogP contribution is -2.44. The first kappa shape index (κ1) is 14.4. The van der Waals surface area contributed by atoms with Gasteiger partial charge in [0, 0.05) is 18.6 Å². The van der Waals surface area contributed by atoms with Gasteiger partial charge in [-0.15, -0.1) is 0 Å². The second-order valence-electron chi connectivity index (χ2n) is 4.77. The van der Waals surface area contributed by atoms with Gasteiger partial charge in [-0.3, -0.25) is 9.69 Å². The highest BCUT2D eigenvalue weighted by Gasteiger charge is 2.12. The summed E-state index contributed by atoms with van der Waals surface area (Å²) in [6, 6.07) is 0.325. The summed E-state index contributed by atoms with van der Waals surface area (Å²) < 4.78 is 0. The Bertz CT molecular complexity index is 192. The number of nitrogens with two attached hydrogens (primary N) is 1. The topological polar surface area (TPSA) is 58.4 Å².